The van der Waals surface area contributed by atoms with Crippen molar-refractivity contribution in [3.63, 3.8) is 0 Å². The summed E-state index contributed by atoms with van der Waals surface area (Å²) in [5.41, 5.74) is 1.11. The minimum atomic E-state index is -0.186. The van der Waals surface area contributed by atoms with E-state index in [1.54, 1.807) is 13.1 Å². The second-order valence-electron chi connectivity index (χ2n) is 4.31. The Kier molecular flexibility index (Phi) is 3.57. The Bertz CT molecular complexity index is 841. The van der Waals surface area contributed by atoms with Gasteiger partial charge in [0.2, 0.25) is 5.95 Å². The Morgan fingerprint density at radius 2 is 2.19 bits per heavy atom. The SMILES string of the molecule is CCNc1nc(Sc2nc(C)cc(=O)[nH]2)c2cn[nH]c2n1. The zero-order chi connectivity index (χ0) is 14.8. The van der Waals surface area contributed by atoms with Gasteiger partial charge in [-0.05, 0) is 25.6 Å². The van der Waals surface area contributed by atoms with Crippen LogP contribution in [0.25, 0.3) is 11.0 Å². The van der Waals surface area contributed by atoms with E-state index in [0.717, 1.165) is 5.39 Å². The maximum Gasteiger partial charge on any atom is 0.251 e. The Hall–Kier alpha value is -2.42. The molecule has 3 heterocycles. The van der Waals surface area contributed by atoms with Gasteiger partial charge in [0.25, 0.3) is 5.56 Å². The van der Waals surface area contributed by atoms with Gasteiger partial charge in [-0.25, -0.2) is 9.97 Å². The van der Waals surface area contributed by atoms with Crippen LogP contribution in [-0.2, 0) is 0 Å². The smallest absolute Gasteiger partial charge is 0.251 e. The van der Waals surface area contributed by atoms with Gasteiger partial charge in [-0.15, -0.1) is 0 Å². The first-order valence-electron chi connectivity index (χ1n) is 6.36. The molecule has 21 heavy (non-hydrogen) atoms. The summed E-state index contributed by atoms with van der Waals surface area (Å²) in [6, 6.07) is 1.45. The Morgan fingerprint density at radius 1 is 1.33 bits per heavy atom. The molecule has 0 spiro atoms. The minimum absolute atomic E-state index is 0.186. The number of H-pyrrole nitrogens is 2. The van der Waals surface area contributed by atoms with Crippen molar-refractivity contribution in [1.29, 1.82) is 0 Å². The fourth-order valence-corrected chi connectivity index (χ4v) is 2.73. The van der Waals surface area contributed by atoms with E-state index in [9.17, 15) is 4.79 Å². The number of aryl methyl sites for hydroxylation is 1. The first-order valence-corrected chi connectivity index (χ1v) is 7.18. The van der Waals surface area contributed by atoms with Crippen LogP contribution in [0.5, 0.6) is 0 Å². The van der Waals surface area contributed by atoms with E-state index in [2.05, 4.69) is 35.5 Å². The van der Waals surface area contributed by atoms with Crippen LogP contribution in [0.3, 0.4) is 0 Å². The van der Waals surface area contributed by atoms with Crippen molar-refractivity contribution in [3.05, 3.63) is 28.3 Å². The first-order chi connectivity index (χ1) is 10.2. The van der Waals surface area contributed by atoms with Crippen LogP contribution in [0.15, 0.2) is 27.2 Å². The number of fused-ring (bicyclic) bond motifs is 1. The maximum atomic E-state index is 11.5. The van der Waals surface area contributed by atoms with Crippen LogP contribution >= 0.6 is 11.8 Å². The summed E-state index contributed by atoms with van der Waals surface area (Å²) in [4.78, 5) is 27.2. The fourth-order valence-electron chi connectivity index (χ4n) is 1.81. The molecule has 8 nitrogen and oxygen atoms in total. The zero-order valence-electron chi connectivity index (χ0n) is 11.5. The predicted molar refractivity (Wildman–Crippen MR) is 79.6 cm³/mol. The van der Waals surface area contributed by atoms with Gasteiger partial charge in [0.15, 0.2) is 10.8 Å². The van der Waals surface area contributed by atoms with Gasteiger partial charge in [0.1, 0.15) is 5.03 Å². The van der Waals surface area contributed by atoms with Crippen molar-refractivity contribution < 1.29 is 0 Å². The number of nitrogens with one attached hydrogen (secondary N) is 3. The van der Waals surface area contributed by atoms with Crippen molar-refractivity contribution in [2.45, 2.75) is 24.0 Å². The van der Waals surface area contributed by atoms with Crippen LogP contribution in [-0.4, -0.2) is 36.7 Å². The van der Waals surface area contributed by atoms with E-state index in [4.69, 9.17) is 0 Å². The minimum Gasteiger partial charge on any atom is -0.354 e. The Balaban J connectivity index is 2.06. The molecule has 3 aromatic heterocycles. The molecule has 0 bridgehead atoms. The number of anilines is 1. The standard InChI is InChI=1S/C12H13N7OS/c1-3-13-11-17-9-7(5-14-19-9)10(18-11)21-12-15-6(2)4-8(20)16-12/h4-5H,3H2,1-2H3,(H,15,16,20)(H2,13,14,17,18,19). The summed E-state index contributed by atoms with van der Waals surface area (Å²) >= 11 is 1.27. The lowest BCUT2D eigenvalue weighted by molar-refractivity contribution is 0.902. The summed E-state index contributed by atoms with van der Waals surface area (Å²) in [5.74, 6) is 0.506. The summed E-state index contributed by atoms with van der Waals surface area (Å²) < 4.78 is 0. The highest BCUT2D eigenvalue weighted by molar-refractivity contribution is 7.99. The average molecular weight is 303 g/mol. The van der Waals surface area contributed by atoms with E-state index in [0.29, 0.717) is 34.0 Å². The predicted octanol–water partition coefficient (Wildman–Crippen LogP) is 1.33. The highest BCUT2D eigenvalue weighted by Gasteiger charge is 2.12. The molecule has 0 saturated carbocycles. The van der Waals surface area contributed by atoms with Crippen LogP contribution < -0.4 is 10.9 Å². The number of aromatic amines is 2. The van der Waals surface area contributed by atoms with Crippen LogP contribution in [0.1, 0.15) is 12.6 Å². The molecule has 9 heteroatoms. The molecule has 0 unspecified atom stereocenters. The summed E-state index contributed by atoms with van der Waals surface area (Å²) in [5, 5.41) is 11.8. The average Bonchev–Trinajstić information content (AvgIpc) is 2.86. The van der Waals surface area contributed by atoms with E-state index in [-0.39, 0.29) is 5.56 Å². The first kappa shape index (κ1) is 13.6. The quantitative estimate of drug-likeness (QED) is 0.492. The summed E-state index contributed by atoms with van der Waals surface area (Å²) in [6.45, 7) is 4.45. The summed E-state index contributed by atoms with van der Waals surface area (Å²) in [6.07, 6.45) is 1.65. The molecular weight excluding hydrogens is 290 g/mol. The van der Waals surface area contributed by atoms with E-state index >= 15 is 0 Å². The second kappa shape index (κ2) is 5.52. The molecule has 0 aliphatic heterocycles. The molecule has 0 atom stereocenters. The van der Waals surface area contributed by atoms with E-state index < -0.39 is 0 Å². The van der Waals surface area contributed by atoms with Gasteiger partial charge >= 0.3 is 0 Å². The highest BCUT2D eigenvalue weighted by Crippen LogP contribution is 2.29. The Labute approximate surface area is 123 Å². The van der Waals surface area contributed by atoms with Crippen LogP contribution in [0.2, 0.25) is 0 Å². The molecule has 0 aliphatic rings. The van der Waals surface area contributed by atoms with Gasteiger partial charge in [-0.3, -0.25) is 9.89 Å². The Morgan fingerprint density at radius 3 is 2.95 bits per heavy atom. The molecule has 108 valence electrons. The zero-order valence-corrected chi connectivity index (χ0v) is 12.3. The molecule has 3 N–H and O–H groups in total. The number of hydrogen-bond donors (Lipinski definition) is 3. The molecule has 0 aliphatic carbocycles. The lowest BCUT2D eigenvalue weighted by Gasteiger charge is -2.05. The lowest BCUT2D eigenvalue weighted by atomic mass is 10.4. The van der Waals surface area contributed by atoms with Gasteiger partial charge in [-0.1, -0.05) is 0 Å². The van der Waals surface area contributed by atoms with Crippen molar-refractivity contribution in [3.8, 4) is 0 Å². The van der Waals surface area contributed by atoms with Crippen molar-refractivity contribution in [2.24, 2.45) is 0 Å². The lowest BCUT2D eigenvalue weighted by Crippen LogP contribution is -2.08. The molecule has 0 radical (unpaired) electrons. The number of hydrogen-bond acceptors (Lipinski definition) is 7. The molecular formula is C12H13N7OS. The molecule has 0 amide bonds. The third-order valence-electron chi connectivity index (χ3n) is 2.65. The third kappa shape index (κ3) is 2.87. The summed E-state index contributed by atoms with van der Waals surface area (Å²) in [7, 11) is 0. The van der Waals surface area contributed by atoms with Crippen molar-refractivity contribution in [2.75, 3.05) is 11.9 Å². The fraction of sp³-hybridized carbons (Fsp3) is 0.250. The molecule has 0 fully saturated rings. The highest BCUT2D eigenvalue weighted by atomic mass is 32.2. The van der Waals surface area contributed by atoms with Gasteiger partial charge < -0.3 is 10.3 Å². The van der Waals surface area contributed by atoms with Crippen molar-refractivity contribution in [1.82, 2.24) is 30.1 Å². The van der Waals surface area contributed by atoms with Gasteiger partial charge in [0, 0.05) is 18.3 Å². The number of aromatic nitrogens is 6. The largest absolute Gasteiger partial charge is 0.354 e. The molecule has 0 saturated heterocycles. The van der Waals surface area contributed by atoms with E-state index in [1.807, 2.05) is 6.92 Å². The van der Waals surface area contributed by atoms with Crippen molar-refractivity contribution >= 4 is 28.7 Å². The number of nitrogens with zero attached hydrogens (tertiary/aromatic N) is 4. The normalized spacial score (nSPS) is 11.0. The molecule has 3 aromatic rings. The van der Waals surface area contributed by atoms with Gasteiger partial charge in [0.05, 0.1) is 11.6 Å². The van der Waals surface area contributed by atoms with E-state index in [1.165, 1.54) is 17.8 Å². The second-order valence-corrected chi connectivity index (χ2v) is 5.29. The van der Waals surface area contributed by atoms with Gasteiger partial charge in [-0.2, -0.15) is 10.1 Å². The number of rotatable bonds is 4. The monoisotopic (exact) mass is 303 g/mol. The maximum absolute atomic E-state index is 11.5. The van der Waals surface area contributed by atoms with Crippen LogP contribution in [0.4, 0.5) is 5.95 Å². The third-order valence-corrected chi connectivity index (χ3v) is 3.54. The topological polar surface area (TPSA) is 112 Å². The van der Waals surface area contributed by atoms with Crippen LogP contribution in [0, 0.1) is 6.92 Å². The molecule has 0 aromatic carbocycles. The molecule has 3 rings (SSSR count).